The van der Waals surface area contributed by atoms with Crippen LogP contribution in [-0.4, -0.2) is 52.8 Å². The third kappa shape index (κ3) is 5.22. The van der Waals surface area contributed by atoms with Crippen LogP contribution in [0, 0.1) is 5.92 Å². The number of fused-ring (bicyclic) bond motifs is 1. The van der Waals surface area contributed by atoms with Gasteiger partial charge in [0, 0.05) is 5.54 Å². The van der Waals surface area contributed by atoms with E-state index in [1.807, 2.05) is 6.92 Å². The zero-order valence-corrected chi connectivity index (χ0v) is 17.8. The van der Waals surface area contributed by atoms with E-state index in [0.717, 1.165) is 4.90 Å². The number of imide groups is 2. The molecule has 1 aliphatic rings. The molecule has 9 nitrogen and oxygen atoms in total. The van der Waals surface area contributed by atoms with Gasteiger partial charge in [-0.1, -0.05) is 32.4 Å². The highest BCUT2D eigenvalue weighted by Gasteiger charge is 2.45. The van der Waals surface area contributed by atoms with E-state index in [1.54, 1.807) is 39.8 Å². The van der Waals surface area contributed by atoms with Crippen molar-refractivity contribution in [3.63, 3.8) is 0 Å². The first-order valence-corrected chi connectivity index (χ1v) is 9.71. The van der Waals surface area contributed by atoms with Crippen molar-refractivity contribution >= 4 is 29.7 Å². The fourth-order valence-electron chi connectivity index (χ4n) is 3.03. The topological polar surface area (TPSA) is 122 Å². The second-order valence-corrected chi connectivity index (χ2v) is 8.22. The lowest BCUT2D eigenvalue weighted by atomic mass is 9.97. The number of amides is 5. The van der Waals surface area contributed by atoms with Gasteiger partial charge in [0.05, 0.1) is 11.1 Å². The van der Waals surface area contributed by atoms with Crippen LogP contribution >= 0.6 is 0 Å². The number of hydrogen-bond donors (Lipinski definition) is 2. The number of nitrogens with one attached hydrogen (secondary N) is 2. The van der Waals surface area contributed by atoms with Crippen LogP contribution < -0.4 is 10.6 Å². The Bertz CT molecular complexity index is 839. The molecule has 1 aromatic rings. The summed E-state index contributed by atoms with van der Waals surface area (Å²) >= 11 is 0. The van der Waals surface area contributed by atoms with E-state index >= 15 is 0 Å². The van der Waals surface area contributed by atoms with Crippen molar-refractivity contribution in [2.24, 2.45) is 5.92 Å². The van der Waals surface area contributed by atoms with Gasteiger partial charge in [0.1, 0.15) is 6.04 Å². The molecule has 2 atom stereocenters. The van der Waals surface area contributed by atoms with Crippen LogP contribution in [0.15, 0.2) is 24.3 Å². The summed E-state index contributed by atoms with van der Waals surface area (Å²) in [6.45, 7) is 8.05. The van der Waals surface area contributed by atoms with Crippen LogP contribution in [0.5, 0.6) is 0 Å². The summed E-state index contributed by atoms with van der Waals surface area (Å²) in [4.78, 5) is 62.8. The van der Waals surface area contributed by atoms with Crippen LogP contribution in [-0.2, 0) is 14.3 Å². The number of ether oxygens (including phenoxy) is 1. The summed E-state index contributed by atoms with van der Waals surface area (Å²) in [5, 5.41) is 4.61. The fraction of sp³-hybridized carbons (Fsp3) is 0.476. The maximum Gasteiger partial charge on any atom is 0.330 e. The SMILES string of the molecule is CC[C@H](C)[C@@H](C(=O)OCC(=O)NC(=O)NC(C)(C)C)N1C(=O)c2ccccc2C1=O. The highest BCUT2D eigenvalue weighted by molar-refractivity contribution is 6.22. The second kappa shape index (κ2) is 9.06. The minimum absolute atomic E-state index is 0.222. The molecule has 0 aromatic heterocycles. The minimum atomic E-state index is -1.18. The third-order valence-electron chi connectivity index (χ3n) is 4.62. The largest absolute Gasteiger partial charge is 0.454 e. The van der Waals surface area contributed by atoms with Gasteiger partial charge in [-0.05, 0) is 38.8 Å². The number of carbonyl (C=O) groups excluding carboxylic acids is 5. The third-order valence-corrected chi connectivity index (χ3v) is 4.62. The highest BCUT2D eigenvalue weighted by Crippen LogP contribution is 2.28. The number of nitrogens with zero attached hydrogens (tertiary/aromatic N) is 1. The quantitative estimate of drug-likeness (QED) is 0.538. The first-order valence-electron chi connectivity index (χ1n) is 9.71. The maximum absolute atomic E-state index is 12.8. The van der Waals surface area contributed by atoms with Crippen molar-refractivity contribution in [1.29, 1.82) is 0 Å². The molecule has 0 bridgehead atoms. The second-order valence-electron chi connectivity index (χ2n) is 8.22. The van der Waals surface area contributed by atoms with Gasteiger partial charge >= 0.3 is 12.0 Å². The van der Waals surface area contributed by atoms with Crippen molar-refractivity contribution in [3.05, 3.63) is 35.4 Å². The van der Waals surface area contributed by atoms with Gasteiger partial charge in [0.15, 0.2) is 6.61 Å². The predicted octanol–water partition coefficient (Wildman–Crippen LogP) is 1.86. The smallest absolute Gasteiger partial charge is 0.330 e. The maximum atomic E-state index is 12.8. The minimum Gasteiger partial charge on any atom is -0.454 e. The molecule has 0 saturated carbocycles. The number of urea groups is 1. The van der Waals surface area contributed by atoms with E-state index in [0.29, 0.717) is 6.42 Å². The summed E-state index contributed by atoms with van der Waals surface area (Å²) in [7, 11) is 0. The van der Waals surface area contributed by atoms with Crippen molar-refractivity contribution in [1.82, 2.24) is 15.5 Å². The van der Waals surface area contributed by atoms with Gasteiger partial charge in [0.2, 0.25) is 0 Å². The lowest BCUT2D eigenvalue weighted by Gasteiger charge is -2.28. The Morgan fingerprint density at radius 3 is 2.07 bits per heavy atom. The van der Waals surface area contributed by atoms with Gasteiger partial charge in [-0.3, -0.25) is 24.6 Å². The van der Waals surface area contributed by atoms with Gasteiger partial charge in [-0.2, -0.15) is 0 Å². The first-order chi connectivity index (χ1) is 14.0. The monoisotopic (exact) mass is 417 g/mol. The molecular formula is C21H27N3O6. The molecule has 0 fully saturated rings. The van der Waals surface area contributed by atoms with Crippen molar-refractivity contribution in [2.45, 2.75) is 52.6 Å². The van der Waals surface area contributed by atoms with E-state index in [-0.39, 0.29) is 11.1 Å². The van der Waals surface area contributed by atoms with E-state index in [4.69, 9.17) is 4.74 Å². The van der Waals surface area contributed by atoms with E-state index in [2.05, 4.69) is 10.6 Å². The summed E-state index contributed by atoms with van der Waals surface area (Å²) in [5.41, 5.74) is -0.103. The average Bonchev–Trinajstić information content (AvgIpc) is 2.90. The standard InChI is InChI=1S/C21H27N3O6/c1-6-12(2)16(24-17(26)13-9-7-8-10-14(13)18(24)27)19(28)30-11-15(25)22-20(29)23-21(3,4)5/h7-10,12,16H,6,11H2,1-5H3,(H2,22,23,25,29)/t12-,16-/m0/s1. The van der Waals surface area contributed by atoms with Crippen LogP contribution in [0.1, 0.15) is 61.8 Å². The van der Waals surface area contributed by atoms with Gasteiger partial charge in [-0.15, -0.1) is 0 Å². The normalized spacial score (nSPS) is 15.3. The molecule has 1 heterocycles. The summed E-state index contributed by atoms with van der Waals surface area (Å²) in [6.07, 6.45) is 0.493. The van der Waals surface area contributed by atoms with E-state index in [1.165, 1.54) is 12.1 Å². The highest BCUT2D eigenvalue weighted by atomic mass is 16.5. The Morgan fingerprint density at radius 1 is 1.07 bits per heavy atom. The van der Waals surface area contributed by atoms with Crippen LogP contribution in [0.25, 0.3) is 0 Å². The Kier molecular flexibility index (Phi) is 6.96. The van der Waals surface area contributed by atoms with Crippen molar-refractivity contribution < 1.29 is 28.7 Å². The van der Waals surface area contributed by atoms with E-state index < -0.39 is 53.8 Å². The molecule has 1 aliphatic heterocycles. The molecule has 0 unspecified atom stereocenters. The molecule has 5 amide bonds. The molecule has 162 valence electrons. The Hall–Kier alpha value is -3.23. The fourth-order valence-corrected chi connectivity index (χ4v) is 3.03. The zero-order chi connectivity index (χ0) is 22.6. The van der Waals surface area contributed by atoms with Crippen LogP contribution in [0.4, 0.5) is 4.79 Å². The molecule has 30 heavy (non-hydrogen) atoms. The lowest BCUT2D eigenvalue weighted by molar-refractivity contribution is -0.153. The Morgan fingerprint density at radius 2 is 1.60 bits per heavy atom. The molecule has 0 radical (unpaired) electrons. The Labute approximate surface area is 175 Å². The van der Waals surface area contributed by atoms with Gasteiger partial charge in [-0.25, -0.2) is 9.59 Å². The molecule has 2 N–H and O–H groups in total. The molecular weight excluding hydrogens is 390 g/mol. The van der Waals surface area contributed by atoms with Crippen molar-refractivity contribution in [2.75, 3.05) is 6.61 Å². The first kappa shape index (κ1) is 23.1. The van der Waals surface area contributed by atoms with Gasteiger partial charge in [0.25, 0.3) is 17.7 Å². The number of rotatable bonds is 6. The summed E-state index contributed by atoms with van der Waals surface area (Å²) in [6, 6.07) is 4.42. The predicted molar refractivity (Wildman–Crippen MR) is 108 cm³/mol. The number of carbonyl (C=O) groups is 5. The molecule has 9 heteroatoms. The Balaban J connectivity index is 2.09. The molecule has 1 aromatic carbocycles. The van der Waals surface area contributed by atoms with E-state index in [9.17, 15) is 24.0 Å². The van der Waals surface area contributed by atoms with Crippen LogP contribution in [0.2, 0.25) is 0 Å². The van der Waals surface area contributed by atoms with Crippen LogP contribution in [0.3, 0.4) is 0 Å². The average molecular weight is 417 g/mol. The molecule has 2 rings (SSSR count). The molecule has 0 aliphatic carbocycles. The molecule has 0 spiro atoms. The van der Waals surface area contributed by atoms with Gasteiger partial charge < -0.3 is 10.1 Å². The van der Waals surface area contributed by atoms with Crippen molar-refractivity contribution in [3.8, 4) is 0 Å². The number of hydrogen-bond acceptors (Lipinski definition) is 6. The molecule has 0 saturated heterocycles. The number of esters is 1. The summed E-state index contributed by atoms with van der Waals surface area (Å²) < 4.78 is 5.05. The number of benzene rings is 1. The zero-order valence-electron chi connectivity index (χ0n) is 17.8. The summed E-state index contributed by atoms with van der Waals surface area (Å²) in [5.74, 6) is -3.26. The lowest BCUT2D eigenvalue weighted by Crippen LogP contribution is -2.51.